The van der Waals surface area contributed by atoms with Crippen molar-refractivity contribution in [3.8, 4) is 28.4 Å². The summed E-state index contributed by atoms with van der Waals surface area (Å²) < 4.78 is 35.9. The number of phenols is 1. The summed E-state index contributed by atoms with van der Waals surface area (Å²) in [5, 5.41) is 23.2. The summed E-state index contributed by atoms with van der Waals surface area (Å²) in [6, 6.07) is 19.9. The molecular weight excluding hydrogens is 444 g/mol. The number of anilines is 1. The molecule has 9 heteroatoms. The molecule has 3 aromatic rings. The van der Waals surface area contributed by atoms with Gasteiger partial charge < -0.3 is 25.0 Å². The quantitative estimate of drug-likeness (QED) is 0.250. The van der Waals surface area contributed by atoms with E-state index >= 15 is 0 Å². The van der Waals surface area contributed by atoms with E-state index in [4.69, 9.17) is 9.47 Å². The Balaban J connectivity index is 1.44. The summed E-state index contributed by atoms with van der Waals surface area (Å²) in [6.07, 6.45) is 0.110. The first-order chi connectivity index (χ1) is 15.7. The maximum absolute atomic E-state index is 11.4. The summed E-state index contributed by atoms with van der Waals surface area (Å²) >= 11 is 0. The lowest BCUT2D eigenvalue weighted by molar-refractivity contribution is 0.172. The fourth-order valence-corrected chi connectivity index (χ4v) is 3.73. The third-order valence-corrected chi connectivity index (χ3v) is 5.45. The van der Waals surface area contributed by atoms with E-state index < -0.39 is 16.1 Å². The average molecular weight is 473 g/mol. The van der Waals surface area contributed by atoms with Gasteiger partial charge >= 0.3 is 0 Å². The second kappa shape index (κ2) is 11.0. The van der Waals surface area contributed by atoms with Gasteiger partial charge in [-0.2, -0.15) is 0 Å². The Labute approximate surface area is 193 Å². The van der Waals surface area contributed by atoms with Gasteiger partial charge in [0.05, 0.1) is 25.2 Å². The van der Waals surface area contributed by atoms with E-state index in [-0.39, 0.29) is 18.0 Å². The van der Waals surface area contributed by atoms with Gasteiger partial charge in [-0.05, 0) is 53.1 Å². The maximum atomic E-state index is 11.4. The molecule has 4 N–H and O–H groups in total. The van der Waals surface area contributed by atoms with Gasteiger partial charge in [0, 0.05) is 13.1 Å². The molecule has 0 aliphatic carbocycles. The van der Waals surface area contributed by atoms with Gasteiger partial charge in [0.15, 0.2) is 0 Å². The summed E-state index contributed by atoms with van der Waals surface area (Å²) in [6.45, 7) is 1.15. The smallest absolute Gasteiger partial charge is 0.229 e. The monoisotopic (exact) mass is 472 g/mol. The van der Waals surface area contributed by atoms with Crippen LogP contribution in [0.25, 0.3) is 11.1 Å². The van der Waals surface area contributed by atoms with E-state index in [1.807, 2.05) is 48.5 Å². The van der Waals surface area contributed by atoms with Gasteiger partial charge in [-0.15, -0.1) is 0 Å². The molecule has 0 spiro atoms. The Kier molecular flexibility index (Phi) is 8.16. The van der Waals surface area contributed by atoms with Crippen molar-refractivity contribution in [3.63, 3.8) is 0 Å². The first-order valence-electron chi connectivity index (χ1n) is 10.3. The normalized spacial score (nSPS) is 12.2. The van der Waals surface area contributed by atoms with Crippen molar-refractivity contribution < 1.29 is 28.1 Å². The van der Waals surface area contributed by atoms with Crippen LogP contribution in [0.4, 0.5) is 5.69 Å². The summed E-state index contributed by atoms with van der Waals surface area (Å²) in [5.41, 5.74) is 2.66. The number of benzene rings is 3. The SMILES string of the molecule is COc1ccc(-c2ccc(OCCNC[C@H](O)c3ccc(O)c(NS(C)(=O)=O)c3)cc2)cc1. The highest BCUT2D eigenvalue weighted by molar-refractivity contribution is 7.92. The third-order valence-electron chi connectivity index (χ3n) is 4.86. The van der Waals surface area contributed by atoms with Crippen LogP contribution < -0.4 is 19.5 Å². The van der Waals surface area contributed by atoms with Gasteiger partial charge in [0.25, 0.3) is 0 Å². The number of aliphatic hydroxyl groups is 1. The zero-order valence-electron chi connectivity index (χ0n) is 18.5. The van der Waals surface area contributed by atoms with E-state index in [0.717, 1.165) is 28.9 Å². The van der Waals surface area contributed by atoms with Crippen LogP contribution in [0.1, 0.15) is 11.7 Å². The van der Waals surface area contributed by atoms with Gasteiger partial charge in [0.1, 0.15) is 23.9 Å². The third kappa shape index (κ3) is 7.38. The Hall–Kier alpha value is -3.27. The van der Waals surface area contributed by atoms with E-state index in [0.29, 0.717) is 18.7 Å². The number of methoxy groups -OCH3 is 1. The number of aromatic hydroxyl groups is 1. The second-order valence-electron chi connectivity index (χ2n) is 7.47. The molecule has 1 atom stereocenters. The van der Waals surface area contributed by atoms with Gasteiger partial charge in [-0.1, -0.05) is 30.3 Å². The molecule has 176 valence electrons. The molecule has 0 fully saturated rings. The number of aliphatic hydroxyl groups excluding tert-OH is 1. The second-order valence-corrected chi connectivity index (χ2v) is 9.22. The van der Waals surface area contributed by atoms with E-state index in [1.165, 1.54) is 18.2 Å². The number of ether oxygens (including phenoxy) is 2. The molecule has 0 aliphatic heterocycles. The predicted octanol–water partition coefficient (Wildman–Crippen LogP) is 3.14. The van der Waals surface area contributed by atoms with E-state index in [1.54, 1.807) is 7.11 Å². The largest absolute Gasteiger partial charge is 0.506 e. The highest BCUT2D eigenvalue weighted by atomic mass is 32.2. The number of nitrogens with one attached hydrogen (secondary N) is 2. The fraction of sp³-hybridized carbons (Fsp3) is 0.250. The van der Waals surface area contributed by atoms with Crippen molar-refractivity contribution in [2.45, 2.75) is 6.10 Å². The number of hydrogen-bond acceptors (Lipinski definition) is 7. The van der Waals surface area contributed by atoms with E-state index in [9.17, 15) is 18.6 Å². The molecule has 0 saturated carbocycles. The Morgan fingerprint density at radius 1 is 0.939 bits per heavy atom. The first-order valence-corrected chi connectivity index (χ1v) is 12.2. The minimum atomic E-state index is -3.54. The molecule has 3 rings (SSSR count). The summed E-state index contributed by atoms with van der Waals surface area (Å²) in [4.78, 5) is 0. The fourth-order valence-electron chi connectivity index (χ4n) is 3.17. The molecule has 0 aromatic heterocycles. The van der Waals surface area contributed by atoms with Gasteiger partial charge in [-0.25, -0.2) is 8.42 Å². The molecule has 8 nitrogen and oxygen atoms in total. The van der Waals surface area contributed by atoms with Crippen LogP contribution in [-0.4, -0.2) is 51.7 Å². The van der Waals surface area contributed by atoms with Crippen LogP contribution in [-0.2, 0) is 10.0 Å². The maximum Gasteiger partial charge on any atom is 0.229 e. The first kappa shape index (κ1) is 24.4. The standard InChI is InChI=1S/C24H28N2O6S/c1-31-20-8-3-17(4-9-20)18-5-10-21(11-6-18)32-14-13-25-16-24(28)19-7-12-23(27)22(15-19)26-33(2,29)30/h3-12,15,24-28H,13-14,16H2,1-2H3/t24-/m0/s1. The van der Waals surface area contributed by atoms with Gasteiger partial charge in [-0.3, -0.25) is 4.72 Å². The van der Waals surface area contributed by atoms with Crippen molar-refractivity contribution in [3.05, 3.63) is 72.3 Å². The number of phenolic OH excluding ortho intramolecular Hbond substituents is 1. The Morgan fingerprint density at radius 2 is 1.55 bits per heavy atom. The number of hydrogen-bond donors (Lipinski definition) is 4. The van der Waals surface area contributed by atoms with Crippen LogP contribution in [0.3, 0.4) is 0 Å². The number of rotatable bonds is 11. The Morgan fingerprint density at radius 3 is 2.12 bits per heavy atom. The number of sulfonamides is 1. The minimum Gasteiger partial charge on any atom is -0.506 e. The highest BCUT2D eigenvalue weighted by Gasteiger charge is 2.12. The minimum absolute atomic E-state index is 0.0236. The van der Waals surface area contributed by atoms with Crippen molar-refractivity contribution in [2.24, 2.45) is 0 Å². The van der Waals surface area contributed by atoms with Crippen LogP contribution in [0.2, 0.25) is 0 Å². The lowest BCUT2D eigenvalue weighted by Gasteiger charge is -2.15. The van der Waals surface area contributed by atoms with Crippen LogP contribution in [0, 0.1) is 0 Å². The van der Waals surface area contributed by atoms with E-state index in [2.05, 4.69) is 10.0 Å². The zero-order chi connectivity index (χ0) is 23.8. The topological polar surface area (TPSA) is 117 Å². The van der Waals surface area contributed by atoms with Crippen molar-refractivity contribution in [1.29, 1.82) is 0 Å². The Bertz CT molecular complexity index is 1150. The summed E-state index contributed by atoms with van der Waals surface area (Å²) in [5.74, 6) is 1.34. The van der Waals surface area contributed by atoms with Crippen molar-refractivity contribution in [1.82, 2.24) is 5.32 Å². The molecule has 3 aromatic carbocycles. The van der Waals surface area contributed by atoms with Crippen LogP contribution >= 0.6 is 0 Å². The zero-order valence-corrected chi connectivity index (χ0v) is 19.3. The molecule has 0 bridgehead atoms. The molecule has 0 radical (unpaired) electrons. The van der Waals surface area contributed by atoms with Crippen LogP contribution in [0.5, 0.6) is 17.2 Å². The molecule has 33 heavy (non-hydrogen) atoms. The molecule has 0 unspecified atom stereocenters. The average Bonchev–Trinajstić information content (AvgIpc) is 2.80. The summed E-state index contributed by atoms with van der Waals surface area (Å²) in [7, 11) is -1.90. The molecular formula is C24H28N2O6S. The molecule has 0 amide bonds. The molecule has 0 saturated heterocycles. The van der Waals surface area contributed by atoms with Gasteiger partial charge in [0.2, 0.25) is 10.0 Å². The molecule has 0 aliphatic rings. The van der Waals surface area contributed by atoms with Crippen molar-refractivity contribution >= 4 is 15.7 Å². The molecule has 0 heterocycles. The van der Waals surface area contributed by atoms with Crippen LogP contribution in [0.15, 0.2) is 66.7 Å². The highest BCUT2D eigenvalue weighted by Crippen LogP contribution is 2.28. The predicted molar refractivity (Wildman–Crippen MR) is 128 cm³/mol. The lowest BCUT2D eigenvalue weighted by Crippen LogP contribution is -2.26. The van der Waals surface area contributed by atoms with Crippen molar-refractivity contribution in [2.75, 3.05) is 37.8 Å². The lowest BCUT2D eigenvalue weighted by atomic mass is 10.1.